The quantitative estimate of drug-likeness (QED) is 0.174. The van der Waals surface area contributed by atoms with E-state index < -0.39 is 16.1 Å². The molecule has 13 nitrogen and oxygen atoms in total. The lowest BCUT2D eigenvalue weighted by atomic mass is 10.1. The number of carbonyl (C=O) groups excluding carboxylic acids is 2. The first kappa shape index (κ1) is 30.4. The van der Waals surface area contributed by atoms with Gasteiger partial charge in [0.25, 0.3) is 5.91 Å². The number of oxime groups is 1. The number of benzene rings is 2. The van der Waals surface area contributed by atoms with E-state index in [2.05, 4.69) is 15.0 Å². The molecule has 0 aliphatic carbocycles. The summed E-state index contributed by atoms with van der Waals surface area (Å²) < 4.78 is 34.6. The molecule has 1 aromatic heterocycles. The molecule has 2 fully saturated rings. The number of piperazine rings is 1. The summed E-state index contributed by atoms with van der Waals surface area (Å²) in [6.45, 7) is 3.64. The Bertz CT molecular complexity index is 1720. The third-order valence-electron chi connectivity index (χ3n) is 8.44. The highest BCUT2D eigenvalue weighted by Gasteiger charge is 2.39. The van der Waals surface area contributed by atoms with Crippen molar-refractivity contribution in [3.05, 3.63) is 57.5 Å². The SMILES string of the molecule is CN1CCc2nc(C(=O)N3CCN(S(=O)(=O)c4ccc5cc(C(N)=NO)ccc5c4)CC3CC(=O)N3CCOCC3)sc2C1. The number of rotatable bonds is 6. The summed E-state index contributed by atoms with van der Waals surface area (Å²) in [6, 6.07) is 9.21. The predicted molar refractivity (Wildman–Crippen MR) is 164 cm³/mol. The van der Waals surface area contributed by atoms with Gasteiger partial charge >= 0.3 is 0 Å². The zero-order valence-corrected chi connectivity index (χ0v) is 26.0. The Morgan fingerprint density at radius 3 is 2.61 bits per heavy atom. The number of aromatic nitrogens is 1. The summed E-state index contributed by atoms with van der Waals surface area (Å²) in [4.78, 5) is 38.6. The number of sulfonamides is 1. The van der Waals surface area contributed by atoms with Crippen LogP contribution < -0.4 is 5.73 Å². The minimum atomic E-state index is -3.96. The number of ether oxygens (including phenoxy) is 1. The van der Waals surface area contributed by atoms with Gasteiger partial charge in [-0.15, -0.1) is 11.3 Å². The minimum absolute atomic E-state index is 0.0000824. The molecule has 6 rings (SSSR count). The number of carbonyl (C=O) groups is 2. The maximum atomic E-state index is 13.9. The van der Waals surface area contributed by atoms with E-state index >= 15 is 0 Å². The molecule has 15 heteroatoms. The summed E-state index contributed by atoms with van der Waals surface area (Å²) in [5.41, 5.74) is 7.16. The Balaban J connectivity index is 1.26. The third-order valence-corrected chi connectivity index (χ3v) is 11.4. The molecule has 4 heterocycles. The fraction of sp³-hybridized carbons (Fsp3) is 0.448. The third kappa shape index (κ3) is 6.02. The topological polar surface area (TPSA) is 162 Å². The van der Waals surface area contributed by atoms with Crippen molar-refractivity contribution in [1.82, 2.24) is 24.0 Å². The Morgan fingerprint density at radius 1 is 1.09 bits per heavy atom. The zero-order chi connectivity index (χ0) is 31.0. The van der Waals surface area contributed by atoms with Gasteiger partial charge in [0.1, 0.15) is 0 Å². The molecule has 1 atom stereocenters. The molecule has 0 radical (unpaired) electrons. The maximum absolute atomic E-state index is 13.9. The van der Waals surface area contributed by atoms with E-state index in [4.69, 9.17) is 15.7 Å². The maximum Gasteiger partial charge on any atom is 0.283 e. The van der Waals surface area contributed by atoms with Crippen LogP contribution in [-0.4, -0.2) is 121 Å². The molecule has 234 valence electrons. The lowest BCUT2D eigenvalue weighted by molar-refractivity contribution is -0.136. The molecule has 2 saturated heterocycles. The molecule has 0 spiro atoms. The van der Waals surface area contributed by atoms with Gasteiger partial charge in [-0.3, -0.25) is 9.59 Å². The first-order valence-electron chi connectivity index (χ1n) is 14.5. The van der Waals surface area contributed by atoms with Crippen LogP contribution in [0.3, 0.4) is 0 Å². The molecule has 3 aliphatic rings. The first-order chi connectivity index (χ1) is 21.1. The van der Waals surface area contributed by atoms with E-state index in [1.54, 1.807) is 40.1 Å². The highest BCUT2D eigenvalue weighted by atomic mass is 32.2. The van der Waals surface area contributed by atoms with Gasteiger partial charge in [0.05, 0.1) is 29.8 Å². The van der Waals surface area contributed by atoms with Crippen molar-refractivity contribution in [2.24, 2.45) is 10.9 Å². The lowest BCUT2D eigenvalue weighted by Gasteiger charge is -2.41. The number of nitrogens with zero attached hydrogens (tertiary/aromatic N) is 6. The molecule has 44 heavy (non-hydrogen) atoms. The van der Waals surface area contributed by atoms with E-state index in [9.17, 15) is 18.0 Å². The van der Waals surface area contributed by atoms with E-state index in [0.717, 1.165) is 35.5 Å². The Morgan fingerprint density at radius 2 is 1.84 bits per heavy atom. The summed E-state index contributed by atoms with van der Waals surface area (Å²) in [5.74, 6) is -0.447. The van der Waals surface area contributed by atoms with Gasteiger partial charge in [0.2, 0.25) is 15.9 Å². The van der Waals surface area contributed by atoms with E-state index in [1.807, 2.05) is 7.05 Å². The second-order valence-corrected chi connectivity index (χ2v) is 14.3. The van der Waals surface area contributed by atoms with Gasteiger partial charge in [0.15, 0.2) is 10.8 Å². The lowest BCUT2D eigenvalue weighted by Crippen LogP contribution is -2.58. The number of fused-ring (bicyclic) bond motifs is 2. The predicted octanol–water partition coefficient (Wildman–Crippen LogP) is 1.14. The summed E-state index contributed by atoms with van der Waals surface area (Å²) >= 11 is 1.38. The average molecular weight is 642 g/mol. The van der Waals surface area contributed by atoms with Gasteiger partial charge in [-0.2, -0.15) is 4.31 Å². The molecule has 2 aromatic carbocycles. The van der Waals surface area contributed by atoms with Crippen LogP contribution in [0.1, 0.15) is 32.4 Å². The molecule has 3 N–H and O–H groups in total. The number of likely N-dealkylation sites (N-methyl/N-ethyl adjacent to an activating group) is 1. The standard InChI is InChI=1S/C29H35N7O6S2/c1-33-7-6-24-25(18-33)43-28(31-24)29(38)36-9-8-35(17-22(36)16-26(37)34-10-12-42-13-11-34)44(40,41)23-5-4-19-14-21(27(30)32-39)3-2-20(19)15-23/h2-5,14-15,22,39H,6-13,16-18H2,1H3,(H2,30,32). The second-order valence-electron chi connectivity index (χ2n) is 11.3. The van der Waals surface area contributed by atoms with Crippen molar-refractivity contribution in [3.8, 4) is 0 Å². The number of hydrogen-bond acceptors (Lipinski definition) is 10. The molecule has 0 bridgehead atoms. The van der Waals surface area contributed by atoms with Crippen LogP contribution in [0.4, 0.5) is 0 Å². The zero-order valence-electron chi connectivity index (χ0n) is 24.4. The molecular formula is C29H35N7O6S2. The normalized spacial score (nSPS) is 20.6. The smallest absolute Gasteiger partial charge is 0.283 e. The number of hydrogen-bond donors (Lipinski definition) is 2. The van der Waals surface area contributed by atoms with Crippen LogP contribution in [-0.2, 0) is 32.5 Å². The monoisotopic (exact) mass is 641 g/mol. The second kappa shape index (κ2) is 12.4. The summed E-state index contributed by atoms with van der Waals surface area (Å²) in [6.07, 6.45) is 0.774. The molecule has 0 saturated carbocycles. The molecule has 3 aliphatic heterocycles. The van der Waals surface area contributed by atoms with Crippen molar-refractivity contribution in [2.75, 3.05) is 59.5 Å². The van der Waals surface area contributed by atoms with E-state index in [1.165, 1.54) is 21.7 Å². The highest BCUT2D eigenvalue weighted by molar-refractivity contribution is 7.89. The van der Waals surface area contributed by atoms with Gasteiger partial charge in [-0.25, -0.2) is 13.4 Å². The van der Waals surface area contributed by atoms with Crippen molar-refractivity contribution < 1.29 is 28.0 Å². The fourth-order valence-corrected chi connectivity index (χ4v) is 8.57. The van der Waals surface area contributed by atoms with Gasteiger partial charge in [-0.1, -0.05) is 23.4 Å². The fourth-order valence-electron chi connectivity index (χ4n) is 5.92. The highest BCUT2D eigenvalue weighted by Crippen LogP contribution is 2.29. The van der Waals surface area contributed by atoms with Crippen LogP contribution in [0.5, 0.6) is 0 Å². The van der Waals surface area contributed by atoms with Crippen molar-refractivity contribution in [3.63, 3.8) is 0 Å². The van der Waals surface area contributed by atoms with E-state index in [-0.39, 0.29) is 48.6 Å². The molecule has 2 amide bonds. The Kier molecular flexibility index (Phi) is 8.57. The molecule has 1 unspecified atom stereocenters. The van der Waals surface area contributed by atoms with Crippen molar-refractivity contribution in [2.45, 2.75) is 30.3 Å². The van der Waals surface area contributed by atoms with Crippen LogP contribution >= 0.6 is 11.3 Å². The van der Waals surface area contributed by atoms with Crippen LogP contribution in [0.2, 0.25) is 0 Å². The number of amides is 2. The van der Waals surface area contributed by atoms with Crippen LogP contribution in [0.15, 0.2) is 46.4 Å². The summed E-state index contributed by atoms with van der Waals surface area (Å²) in [7, 11) is -1.92. The number of morpholine rings is 1. The summed E-state index contributed by atoms with van der Waals surface area (Å²) in [5, 5.41) is 13.8. The number of amidine groups is 1. The van der Waals surface area contributed by atoms with Crippen LogP contribution in [0.25, 0.3) is 10.8 Å². The van der Waals surface area contributed by atoms with Gasteiger partial charge in [-0.05, 0) is 36.0 Å². The minimum Gasteiger partial charge on any atom is -0.409 e. The largest absolute Gasteiger partial charge is 0.409 e. The Hall–Kier alpha value is -3.63. The van der Waals surface area contributed by atoms with Gasteiger partial charge in [0, 0.05) is 69.1 Å². The Labute approximate surface area is 259 Å². The van der Waals surface area contributed by atoms with Crippen LogP contribution in [0, 0.1) is 0 Å². The van der Waals surface area contributed by atoms with Gasteiger partial charge < -0.3 is 30.4 Å². The molecule has 3 aromatic rings. The average Bonchev–Trinajstić information content (AvgIpc) is 3.47. The molecular weight excluding hydrogens is 606 g/mol. The number of nitrogens with two attached hydrogens (primary N) is 1. The first-order valence-corrected chi connectivity index (χ1v) is 16.7. The van der Waals surface area contributed by atoms with E-state index in [0.29, 0.717) is 42.3 Å². The van der Waals surface area contributed by atoms with Crippen molar-refractivity contribution >= 4 is 49.8 Å². The number of thiazole rings is 1. The van der Waals surface area contributed by atoms with Crippen molar-refractivity contribution in [1.29, 1.82) is 0 Å².